The maximum absolute atomic E-state index is 10.8. The number of carboxylic acid groups (broad SMARTS) is 1. The van der Waals surface area contributed by atoms with Gasteiger partial charge in [0.2, 0.25) is 0 Å². The Morgan fingerprint density at radius 1 is 1.33 bits per heavy atom. The molecule has 0 saturated carbocycles. The van der Waals surface area contributed by atoms with E-state index in [1.807, 2.05) is 13.8 Å². The predicted molar refractivity (Wildman–Crippen MR) is 50.0 cm³/mol. The Hall–Kier alpha value is -0.530. The van der Waals surface area contributed by atoms with E-state index in [-0.39, 0.29) is 17.3 Å². The first kappa shape index (κ1) is 11.5. The molecule has 0 amide bonds. The Morgan fingerprint density at radius 3 is 1.83 bits per heavy atom. The third-order valence-corrected chi connectivity index (χ3v) is 1.95. The average Bonchev–Trinajstić information content (AvgIpc) is 1.79. The quantitative estimate of drug-likeness (QED) is 0.710. The zero-order chi connectivity index (χ0) is 9.94. The number of hydrogen-bond acceptors (Lipinski definition) is 1. The second kappa shape index (κ2) is 3.92. The van der Waals surface area contributed by atoms with E-state index in [1.165, 1.54) is 0 Å². The monoisotopic (exact) mass is 172 g/mol. The van der Waals surface area contributed by atoms with E-state index in [0.717, 1.165) is 6.42 Å². The van der Waals surface area contributed by atoms with Crippen molar-refractivity contribution >= 4 is 5.97 Å². The molecule has 2 heteroatoms. The lowest BCUT2D eigenvalue weighted by Crippen LogP contribution is -2.25. The summed E-state index contributed by atoms with van der Waals surface area (Å²) in [6.45, 7) is 10.1. The van der Waals surface area contributed by atoms with E-state index in [0.29, 0.717) is 0 Å². The molecule has 0 aromatic rings. The number of rotatable bonds is 3. The Balaban J connectivity index is 4.25. The van der Waals surface area contributed by atoms with Crippen molar-refractivity contribution in [1.82, 2.24) is 0 Å². The Morgan fingerprint density at radius 2 is 1.75 bits per heavy atom. The summed E-state index contributed by atoms with van der Waals surface area (Å²) in [7, 11) is 0. The van der Waals surface area contributed by atoms with Crippen LogP contribution in [0, 0.1) is 17.3 Å². The second-order valence-corrected chi connectivity index (χ2v) is 4.95. The van der Waals surface area contributed by atoms with Gasteiger partial charge in [-0.1, -0.05) is 34.6 Å². The number of hydrogen-bond donors (Lipinski definition) is 1. The predicted octanol–water partition coefficient (Wildman–Crippen LogP) is 2.78. The molecule has 0 rings (SSSR count). The molecule has 0 spiro atoms. The van der Waals surface area contributed by atoms with Crippen LogP contribution < -0.4 is 0 Å². The minimum Gasteiger partial charge on any atom is -0.481 e. The van der Waals surface area contributed by atoms with Crippen LogP contribution in [0.25, 0.3) is 0 Å². The van der Waals surface area contributed by atoms with Gasteiger partial charge >= 0.3 is 5.97 Å². The molecule has 0 aromatic heterocycles. The summed E-state index contributed by atoms with van der Waals surface area (Å²) in [6, 6.07) is 0. The fourth-order valence-electron chi connectivity index (χ4n) is 1.27. The van der Waals surface area contributed by atoms with E-state index in [4.69, 9.17) is 5.11 Å². The maximum Gasteiger partial charge on any atom is 0.306 e. The molecule has 0 aliphatic heterocycles. The number of aliphatic carboxylic acids is 1. The van der Waals surface area contributed by atoms with Gasteiger partial charge < -0.3 is 5.11 Å². The van der Waals surface area contributed by atoms with Gasteiger partial charge in [-0.3, -0.25) is 4.79 Å². The number of carboxylic acids is 1. The molecule has 1 atom stereocenters. The van der Waals surface area contributed by atoms with Gasteiger partial charge in [0.25, 0.3) is 0 Å². The number of carbonyl (C=O) groups is 1. The molecule has 0 aliphatic rings. The molecular formula is C10H20O2. The van der Waals surface area contributed by atoms with Gasteiger partial charge in [-0.15, -0.1) is 0 Å². The van der Waals surface area contributed by atoms with Crippen molar-refractivity contribution in [3.63, 3.8) is 0 Å². The molecule has 0 bridgehead atoms. The smallest absolute Gasteiger partial charge is 0.306 e. The van der Waals surface area contributed by atoms with E-state index >= 15 is 0 Å². The van der Waals surface area contributed by atoms with Crippen LogP contribution >= 0.6 is 0 Å². The molecule has 0 unspecified atom stereocenters. The Bertz CT molecular complexity index is 154. The molecule has 0 fully saturated rings. The molecule has 0 aromatic carbocycles. The molecule has 2 nitrogen and oxygen atoms in total. The van der Waals surface area contributed by atoms with Crippen molar-refractivity contribution in [2.24, 2.45) is 17.3 Å². The van der Waals surface area contributed by atoms with Crippen LogP contribution in [0.15, 0.2) is 0 Å². The molecule has 0 aliphatic carbocycles. The van der Waals surface area contributed by atoms with Crippen molar-refractivity contribution in [1.29, 1.82) is 0 Å². The standard InChI is InChI=1S/C10H20O2/c1-7(2)8(9(11)12)6-10(3,4)5/h7-8H,6H2,1-5H3,(H,11,12)/t8-/m1/s1. The lowest BCUT2D eigenvalue weighted by molar-refractivity contribution is -0.144. The maximum atomic E-state index is 10.8. The van der Waals surface area contributed by atoms with Gasteiger partial charge in [0.1, 0.15) is 0 Å². The largest absolute Gasteiger partial charge is 0.481 e. The lowest BCUT2D eigenvalue weighted by atomic mass is 9.80. The fourth-order valence-corrected chi connectivity index (χ4v) is 1.27. The van der Waals surface area contributed by atoms with Crippen LogP contribution in [0.5, 0.6) is 0 Å². The minimum atomic E-state index is -0.667. The van der Waals surface area contributed by atoms with Gasteiger partial charge in [0, 0.05) is 0 Å². The first-order chi connectivity index (χ1) is 5.24. The Labute approximate surface area is 75.0 Å². The second-order valence-electron chi connectivity index (χ2n) is 4.95. The van der Waals surface area contributed by atoms with Crippen molar-refractivity contribution in [2.45, 2.75) is 41.0 Å². The molecule has 12 heavy (non-hydrogen) atoms. The summed E-state index contributed by atoms with van der Waals surface area (Å²) < 4.78 is 0. The molecular weight excluding hydrogens is 152 g/mol. The minimum absolute atomic E-state index is 0.104. The zero-order valence-electron chi connectivity index (χ0n) is 8.72. The summed E-state index contributed by atoms with van der Waals surface area (Å²) in [5.74, 6) is -0.647. The van der Waals surface area contributed by atoms with Gasteiger partial charge in [0.05, 0.1) is 5.92 Å². The summed E-state index contributed by atoms with van der Waals surface area (Å²) in [6.07, 6.45) is 0.750. The topological polar surface area (TPSA) is 37.3 Å². The first-order valence-corrected chi connectivity index (χ1v) is 4.47. The SMILES string of the molecule is CC(C)[C@@H](CC(C)(C)C)C(=O)O. The van der Waals surface area contributed by atoms with Gasteiger partial charge in [-0.05, 0) is 17.8 Å². The van der Waals surface area contributed by atoms with Gasteiger partial charge in [-0.2, -0.15) is 0 Å². The summed E-state index contributed by atoms with van der Waals surface area (Å²) in [4.78, 5) is 10.8. The lowest BCUT2D eigenvalue weighted by Gasteiger charge is -2.25. The van der Waals surface area contributed by atoms with Crippen molar-refractivity contribution in [2.75, 3.05) is 0 Å². The fraction of sp³-hybridized carbons (Fsp3) is 0.900. The average molecular weight is 172 g/mol. The van der Waals surface area contributed by atoms with Crippen LogP contribution in [0.4, 0.5) is 0 Å². The van der Waals surface area contributed by atoms with Crippen LogP contribution in [-0.4, -0.2) is 11.1 Å². The highest BCUT2D eigenvalue weighted by atomic mass is 16.4. The van der Waals surface area contributed by atoms with E-state index < -0.39 is 5.97 Å². The zero-order valence-corrected chi connectivity index (χ0v) is 8.72. The van der Waals surface area contributed by atoms with Crippen LogP contribution in [0.2, 0.25) is 0 Å². The summed E-state index contributed by atoms with van der Waals surface area (Å²) in [5, 5.41) is 8.91. The molecule has 0 heterocycles. The van der Waals surface area contributed by atoms with Crippen LogP contribution in [-0.2, 0) is 4.79 Å². The van der Waals surface area contributed by atoms with Crippen LogP contribution in [0.1, 0.15) is 41.0 Å². The van der Waals surface area contributed by atoms with Crippen LogP contribution in [0.3, 0.4) is 0 Å². The summed E-state index contributed by atoms with van der Waals surface area (Å²) in [5.41, 5.74) is 0.104. The third kappa shape index (κ3) is 4.37. The molecule has 1 N–H and O–H groups in total. The van der Waals surface area contributed by atoms with Gasteiger partial charge in [-0.25, -0.2) is 0 Å². The highest BCUT2D eigenvalue weighted by Crippen LogP contribution is 2.28. The Kier molecular flexibility index (Phi) is 3.75. The molecule has 0 saturated heterocycles. The highest BCUT2D eigenvalue weighted by molar-refractivity contribution is 5.70. The van der Waals surface area contributed by atoms with Crippen molar-refractivity contribution < 1.29 is 9.90 Å². The summed E-state index contributed by atoms with van der Waals surface area (Å²) >= 11 is 0. The van der Waals surface area contributed by atoms with Crippen molar-refractivity contribution in [3.05, 3.63) is 0 Å². The van der Waals surface area contributed by atoms with Gasteiger partial charge in [0.15, 0.2) is 0 Å². The molecule has 72 valence electrons. The normalized spacial score (nSPS) is 14.8. The van der Waals surface area contributed by atoms with E-state index in [9.17, 15) is 4.79 Å². The highest BCUT2D eigenvalue weighted by Gasteiger charge is 2.26. The third-order valence-electron chi connectivity index (χ3n) is 1.95. The van der Waals surface area contributed by atoms with Crippen molar-refractivity contribution in [3.8, 4) is 0 Å². The molecule has 0 radical (unpaired) electrons. The van der Waals surface area contributed by atoms with E-state index in [1.54, 1.807) is 0 Å². The van der Waals surface area contributed by atoms with E-state index in [2.05, 4.69) is 20.8 Å². The first-order valence-electron chi connectivity index (χ1n) is 4.47.